The van der Waals surface area contributed by atoms with Gasteiger partial charge in [-0.25, -0.2) is 0 Å². The Hall–Kier alpha value is -1.87. The van der Waals surface area contributed by atoms with E-state index >= 15 is 0 Å². The fourth-order valence-corrected chi connectivity index (χ4v) is 3.00. The number of pyridine rings is 1. The van der Waals surface area contributed by atoms with Crippen molar-refractivity contribution >= 4 is 0 Å². The number of phenolic OH excluding ortho intramolecular Hbond substituents is 1. The first kappa shape index (κ1) is 14.1. The van der Waals surface area contributed by atoms with Crippen LogP contribution in [-0.2, 0) is 6.54 Å². The third kappa shape index (κ3) is 3.61. The van der Waals surface area contributed by atoms with E-state index in [1.165, 1.54) is 32.1 Å². The van der Waals surface area contributed by atoms with Crippen LogP contribution >= 0.6 is 0 Å². The largest absolute Gasteiger partial charge is 0.508 e. The molecule has 2 N–H and O–H groups in total. The highest BCUT2D eigenvalue weighted by Crippen LogP contribution is 2.26. The molecule has 3 rings (SSSR count). The van der Waals surface area contributed by atoms with Crippen LogP contribution in [0.1, 0.15) is 37.7 Å². The van der Waals surface area contributed by atoms with Crippen LogP contribution in [0.4, 0.5) is 0 Å². The maximum absolute atomic E-state index is 10.1. The Morgan fingerprint density at radius 3 is 2.71 bits per heavy atom. The second-order valence-electron chi connectivity index (χ2n) is 5.80. The Kier molecular flexibility index (Phi) is 4.51. The number of hydrogen-bond donors (Lipinski definition) is 2. The van der Waals surface area contributed by atoms with E-state index in [1.54, 1.807) is 12.3 Å². The molecule has 1 aliphatic rings. The normalized spacial score (nSPS) is 16.0. The molecule has 21 heavy (non-hydrogen) atoms. The highest BCUT2D eigenvalue weighted by atomic mass is 16.3. The molecule has 2 aromatic rings. The van der Waals surface area contributed by atoms with Gasteiger partial charge in [-0.05, 0) is 36.6 Å². The van der Waals surface area contributed by atoms with Crippen LogP contribution in [0.5, 0.6) is 5.75 Å². The minimum absolute atomic E-state index is 0.367. The van der Waals surface area contributed by atoms with Gasteiger partial charge >= 0.3 is 0 Å². The number of hydrogen-bond acceptors (Lipinski definition) is 3. The van der Waals surface area contributed by atoms with E-state index in [2.05, 4.69) is 16.4 Å². The van der Waals surface area contributed by atoms with Gasteiger partial charge in [-0.2, -0.15) is 0 Å². The van der Waals surface area contributed by atoms with Gasteiger partial charge in [0.15, 0.2) is 0 Å². The summed E-state index contributed by atoms with van der Waals surface area (Å²) in [5, 5.41) is 13.6. The number of aromatic hydroxyl groups is 1. The minimum Gasteiger partial charge on any atom is -0.508 e. The molecule has 0 bridgehead atoms. The topological polar surface area (TPSA) is 45.2 Å². The molecule has 0 aliphatic heterocycles. The summed E-state index contributed by atoms with van der Waals surface area (Å²) >= 11 is 0. The van der Waals surface area contributed by atoms with E-state index in [1.807, 2.05) is 24.4 Å². The lowest BCUT2D eigenvalue weighted by Crippen LogP contribution is -2.30. The Bertz CT molecular complexity index is 577. The second kappa shape index (κ2) is 6.72. The van der Waals surface area contributed by atoms with E-state index in [9.17, 15) is 5.11 Å². The predicted octanol–water partition coefficient (Wildman–Crippen LogP) is 3.88. The van der Waals surface area contributed by atoms with Gasteiger partial charge < -0.3 is 10.4 Å². The summed E-state index contributed by atoms with van der Waals surface area (Å²) in [5.41, 5.74) is 3.14. The Balaban J connectivity index is 1.72. The molecule has 0 amide bonds. The minimum atomic E-state index is 0.367. The Labute approximate surface area is 126 Å². The van der Waals surface area contributed by atoms with Crippen LogP contribution < -0.4 is 5.32 Å². The van der Waals surface area contributed by atoms with Gasteiger partial charge in [0.2, 0.25) is 0 Å². The van der Waals surface area contributed by atoms with Crippen molar-refractivity contribution in [3.63, 3.8) is 0 Å². The number of phenols is 1. The van der Waals surface area contributed by atoms with Gasteiger partial charge in [-0.3, -0.25) is 4.98 Å². The number of benzene rings is 1. The van der Waals surface area contributed by atoms with Crippen LogP contribution in [0.2, 0.25) is 0 Å². The zero-order chi connectivity index (χ0) is 14.5. The summed E-state index contributed by atoms with van der Waals surface area (Å²) in [6.45, 7) is 0.727. The van der Waals surface area contributed by atoms with Crippen molar-refractivity contribution in [2.75, 3.05) is 0 Å². The number of rotatable bonds is 4. The lowest BCUT2D eigenvalue weighted by Gasteiger charge is -2.23. The molecule has 1 saturated carbocycles. The molecule has 0 atom stereocenters. The van der Waals surface area contributed by atoms with E-state index in [0.717, 1.165) is 23.2 Å². The fraction of sp³-hybridized carbons (Fsp3) is 0.389. The molecule has 1 fully saturated rings. The van der Waals surface area contributed by atoms with Crippen LogP contribution in [0.25, 0.3) is 11.1 Å². The van der Waals surface area contributed by atoms with Crippen molar-refractivity contribution in [1.82, 2.24) is 10.3 Å². The summed E-state index contributed by atoms with van der Waals surface area (Å²) in [6, 6.07) is 10.3. The lowest BCUT2D eigenvalue weighted by molar-refractivity contribution is 0.369. The van der Waals surface area contributed by atoms with Crippen molar-refractivity contribution in [3.8, 4) is 16.9 Å². The molecule has 110 valence electrons. The summed E-state index contributed by atoms with van der Waals surface area (Å²) in [4.78, 5) is 4.15. The van der Waals surface area contributed by atoms with Crippen LogP contribution in [0, 0.1) is 0 Å². The summed E-state index contributed by atoms with van der Waals surface area (Å²) in [5.74, 6) is 0.367. The van der Waals surface area contributed by atoms with Crippen molar-refractivity contribution in [3.05, 3.63) is 48.3 Å². The molecule has 3 heteroatoms. The first-order valence-corrected chi connectivity index (χ1v) is 7.78. The van der Waals surface area contributed by atoms with Crippen LogP contribution in [-0.4, -0.2) is 16.1 Å². The van der Waals surface area contributed by atoms with Crippen LogP contribution in [0.15, 0.2) is 42.7 Å². The van der Waals surface area contributed by atoms with Gasteiger partial charge in [0.25, 0.3) is 0 Å². The standard InChI is InChI=1S/C18H22N2O/c21-18-9-8-14(15-5-4-10-19-12-15)11-16(18)13-20-17-6-2-1-3-7-17/h4-5,8-12,17,20-21H,1-3,6-7,13H2. The smallest absolute Gasteiger partial charge is 0.120 e. The molecule has 0 spiro atoms. The maximum atomic E-state index is 10.1. The van der Waals surface area contributed by atoms with Crippen molar-refractivity contribution < 1.29 is 5.11 Å². The SMILES string of the molecule is Oc1ccc(-c2cccnc2)cc1CNC1CCCCC1. The maximum Gasteiger partial charge on any atom is 0.120 e. The third-order valence-electron chi connectivity index (χ3n) is 4.26. The van der Waals surface area contributed by atoms with E-state index in [4.69, 9.17) is 0 Å². The summed E-state index contributed by atoms with van der Waals surface area (Å²) in [6.07, 6.45) is 10.1. The zero-order valence-electron chi connectivity index (χ0n) is 12.3. The molecule has 1 aromatic heterocycles. The molecule has 0 saturated heterocycles. The number of nitrogens with zero attached hydrogens (tertiary/aromatic N) is 1. The predicted molar refractivity (Wildman–Crippen MR) is 85.1 cm³/mol. The third-order valence-corrected chi connectivity index (χ3v) is 4.26. The highest BCUT2D eigenvalue weighted by Gasteiger charge is 2.13. The molecule has 1 aliphatic carbocycles. The molecular formula is C18H22N2O. The van der Waals surface area contributed by atoms with E-state index in [-0.39, 0.29) is 0 Å². The summed E-state index contributed by atoms with van der Waals surface area (Å²) in [7, 11) is 0. The average Bonchev–Trinajstić information content (AvgIpc) is 2.56. The van der Waals surface area contributed by atoms with E-state index < -0.39 is 0 Å². The molecule has 3 nitrogen and oxygen atoms in total. The van der Waals surface area contributed by atoms with Gasteiger partial charge in [0.05, 0.1) is 0 Å². The molecular weight excluding hydrogens is 260 g/mol. The second-order valence-corrected chi connectivity index (χ2v) is 5.80. The van der Waals surface area contributed by atoms with E-state index in [0.29, 0.717) is 11.8 Å². The lowest BCUT2D eigenvalue weighted by atomic mass is 9.95. The molecule has 1 aromatic carbocycles. The van der Waals surface area contributed by atoms with Crippen molar-refractivity contribution in [1.29, 1.82) is 0 Å². The Morgan fingerprint density at radius 2 is 1.95 bits per heavy atom. The number of aromatic nitrogens is 1. The van der Waals surface area contributed by atoms with Crippen molar-refractivity contribution in [2.24, 2.45) is 0 Å². The van der Waals surface area contributed by atoms with Gasteiger partial charge in [-0.1, -0.05) is 31.4 Å². The zero-order valence-corrected chi connectivity index (χ0v) is 12.3. The summed E-state index contributed by atoms with van der Waals surface area (Å²) < 4.78 is 0. The van der Waals surface area contributed by atoms with Crippen molar-refractivity contribution in [2.45, 2.75) is 44.7 Å². The number of nitrogens with one attached hydrogen (secondary N) is 1. The molecule has 0 unspecified atom stereocenters. The van der Waals surface area contributed by atoms with Gasteiger partial charge in [0, 0.05) is 36.1 Å². The Morgan fingerprint density at radius 1 is 1.10 bits per heavy atom. The molecule has 1 heterocycles. The van der Waals surface area contributed by atoms with Gasteiger partial charge in [-0.15, -0.1) is 0 Å². The quantitative estimate of drug-likeness (QED) is 0.894. The highest BCUT2D eigenvalue weighted by molar-refractivity contribution is 5.64. The van der Waals surface area contributed by atoms with Gasteiger partial charge in [0.1, 0.15) is 5.75 Å². The first-order chi connectivity index (χ1) is 10.3. The molecule has 0 radical (unpaired) electrons. The average molecular weight is 282 g/mol. The fourth-order valence-electron chi connectivity index (χ4n) is 3.00. The monoisotopic (exact) mass is 282 g/mol. The first-order valence-electron chi connectivity index (χ1n) is 7.78. The van der Waals surface area contributed by atoms with Crippen LogP contribution in [0.3, 0.4) is 0 Å².